The van der Waals surface area contributed by atoms with Crippen molar-refractivity contribution in [3.63, 3.8) is 0 Å². The van der Waals surface area contributed by atoms with Crippen LogP contribution in [0.1, 0.15) is 29.4 Å². The molecule has 1 aromatic carbocycles. The van der Waals surface area contributed by atoms with Gasteiger partial charge in [0.25, 0.3) is 0 Å². The molecule has 2 aliphatic rings. The summed E-state index contributed by atoms with van der Waals surface area (Å²) in [5.74, 6) is 0.0774. The van der Waals surface area contributed by atoms with Crippen molar-refractivity contribution in [2.75, 3.05) is 0 Å². The largest absolute Gasteiger partial charge is 0.385 e. The van der Waals surface area contributed by atoms with Crippen LogP contribution >= 0.6 is 0 Å². The lowest BCUT2D eigenvalue weighted by Gasteiger charge is -2.18. The van der Waals surface area contributed by atoms with Gasteiger partial charge >= 0.3 is 0 Å². The Morgan fingerprint density at radius 3 is 2.69 bits per heavy atom. The number of hydrogen-bond acceptors (Lipinski definition) is 2. The zero-order valence-electron chi connectivity index (χ0n) is 7.10. The molecule has 2 heteroatoms. The molecule has 0 amide bonds. The van der Waals surface area contributed by atoms with E-state index in [4.69, 9.17) is 0 Å². The molecule has 0 radical (unpaired) electrons. The molecule has 0 aromatic heterocycles. The third-order valence-corrected chi connectivity index (χ3v) is 3.28. The fourth-order valence-corrected chi connectivity index (χ4v) is 2.65. The standard InChI is InChI=1S/C11H10O2/c12-10-8-5-9(11(10)13)7-4-2-1-3-6(7)8/h1-4,8-10,12H,5H2. The molecular weight excluding hydrogens is 164 g/mol. The van der Waals surface area contributed by atoms with Crippen LogP contribution in [0.3, 0.4) is 0 Å². The highest BCUT2D eigenvalue weighted by Crippen LogP contribution is 2.50. The summed E-state index contributed by atoms with van der Waals surface area (Å²) in [7, 11) is 0. The van der Waals surface area contributed by atoms with Gasteiger partial charge < -0.3 is 5.11 Å². The minimum atomic E-state index is -0.736. The molecule has 0 aliphatic heterocycles. The molecule has 2 bridgehead atoms. The first-order valence-electron chi connectivity index (χ1n) is 4.59. The Morgan fingerprint density at radius 1 is 1.23 bits per heavy atom. The molecule has 0 saturated heterocycles. The first-order valence-corrected chi connectivity index (χ1v) is 4.59. The Labute approximate surface area is 76.2 Å². The van der Waals surface area contributed by atoms with Crippen LogP contribution in [-0.4, -0.2) is 17.0 Å². The average Bonchev–Trinajstić information content (AvgIpc) is 2.66. The fourth-order valence-electron chi connectivity index (χ4n) is 2.65. The van der Waals surface area contributed by atoms with Crippen molar-refractivity contribution in [1.82, 2.24) is 0 Å². The van der Waals surface area contributed by atoms with E-state index in [9.17, 15) is 9.90 Å². The van der Waals surface area contributed by atoms with E-state index in [2.05, 4.69) is 0 Å². The lowest BCUT2D eigenvalue weighted by Crippen LogP contribution is -2.26. The number of aliphatic hydroxyl groups is 1. The van der Waals surface area contributed by atoms with Crippen LogP contribution in [0.5, 0.6) is 0 Å². The van der Waals surface area contributed by atoms with E-state index in [0.29, 0.717) is 0 Å². The van der Waals surface area contributed by atoms with Crippen LogP contribution in [0.25, 0.3) is 0 Å². The topological polar surface area (TPSA) is 37.3 Å². The maximum Gasteiger partial charge on any atom is 0.169 e. The van der Waals surface area contributed by atoms with Gasteiger partial charge in [-0.25, -0.2) is 0 Å². The highest BCUT2D eigenvalue weighted by atomic mass is 16.3. The third-order valence-electron chi connectivity index (χ3n) is 3.28. The Morgan fingerprint density at radius 2 is 1.92 bits per heavy atom. The summed E-state index contributed by atoms with van der Waals surface area (Å²) in [6.07, 6.45) is 0.0826. The van der Waals surface area contributed by atoms with Gasteiger partial charge in [0.2, 0.25) is 0 Å². The second-order valence-electron chi connectivity index (χ2n) is 3.87. The van der Waals surface area contributed by atoms with Gasteiger partial charge in [-0.05, 0) is 17.5 Å². The molecule has 0 heterocycles. The van der Waals surface area contributed by atoms with Crippen molar-refractivity contribution >= 4 is 5.78 Å². The summed E-state index contributed by atoms with van der Waals surface area (Å²) >= 11 is 0. The zero-order valence-corrected chi connectivity index (χ0v) is 7.10. The number of hydrogen-bond donors (Lipinski definition) is 1. The summed E-state index contributed by atoms with van der Waals surface area (Å²) in [5.41, 5.74) is 2.32. The van der Waals surface area contributed by atoms with Crippen molar-refractivity contribution in [2.45, 2.75) is 24.4 Å². The maximum atomic E-state index is 11.5. The van der Waals surface area contributed by atoms with Gasteiger partial charge in [0, 0.05) is 11.8 Å². The molecule has 1 aromatic rings. The second-order valence-corrected chi connectivity index (χ2v) is 3.87. The Balaban J connectivity index is 2.22. The quantitative estimate of drug-likeness (QED) is 0.641. The average molecular weight is 174 g/mol. The molecule has 1 N–H and O–H groups in total. The maximum absolute atomic E-state index is 11.5. The number of carbonyl (C=O) groups excluding carboxylic acids is 1. The number of carbonyl (C=O) groups is 1. The predicted molar refractivity (Wildman–Crippen MR) is 47.6 cm³/mol. The normalized spacial score (nSPS) is 35.2. The molecule has 0 spiro atoms. The zero-order chi connectivity index (χ0) is 9.00. The highest BCUT2D eigenvalue weighted by Gasteiger charge is 2.49. The molecule has 1 fully saturated rings. The Bertz CT molecular complexity index is 383. The molecule has 2 nitrogen and oxygen atoms in total. The van der Waals surface area contributed by atoms with E-state index in [1.165, 1.54) is 5.56 Å². The van der Waals surface area contributed by atoms with Gasteiger partial charge in [-0.2, -0.15) is 0 Å². The van der Waals surface area contributed by atoms with E-state index in [0.717, 1.165) is 12.0 Å². The smallest absolute Gasteiger partial charge is 0.169 e. The van der Waals surface area contributed by atoms with Crippen molar-refractivity contribution in [2.24, 2.45) is 0 Å². The minimum absolute atomic E-state index is 0.0173. The summed E-state index contributed by atoms with van der Waals surface area (Å²) in [6, 6.07) is 7.95. The van der Waals surface area contributed by atoms with Crippen LogP contribution in [0.15, 0.2) is 24.3 Å². The van der Waals surface area contributed by atoms with Gasteiger partial charge in [-0.15, -0.1) is 0 Å². The monoisotopic (exact) mass is 174 g/mol. The Hall–Kier alpha value is -1.15. The minimum Gasteiger partial charge on any atom is -0.385 e. The summed E-state index contributed by atoms with van der Waals surface area (Å²) in [4.78, 5) is 11.5. The molecule has 13 heavy (non-hydrogen) atoms. The number of aliphatic hydroxyl groups excluding tert-OH is 1. The van der Waals surface area contributed by atoms with Crippen LogP contribution < -0.4 is 0 Å². The van der Waals surface area contributed by atoms with Crippen LogP contribution in [0.2, 0.25) is 0 Å². The lowest BCUT2D eigenvalue weighted by atomic mass is 9.89. The van der Waals surface area contributed by atoms with Gasteiger partial charge in [0.1, 0.15) is 6.10 Å². The summed E-state index contributed by atoms with van der Waals surface area (Å²) in [6.45, 7) is 0. The molecule has 3 atom stereocenters. The van der Waals surface area contributed by atoms with E-state index in [-0.39, 0.29) is 17.6 Å². The summed E-state index contributed by atoms with van der Waals surface area (Å²) < 4.78 is 0. The number of benzene rings is 1. The Kier molecular flexibility index (Phi) is 1.23. The van der Waals surface area contributed by atoms with E-state index in [1.807, 2.05) is 24.3 Å². The number of rotatable bonds is 0. The first kappa shape index (κ1) is 7.27. The van der Waals surface area contributed by atoms with Crippen LogP contribution in [-0.2, 0) is 4.79 Å². The van der Waals surface area contributed by atoms with Crippen molar-refractivity contribution in [3.05, 3.63) is 35.4 Å². The lowest BCUT2D eigenvalue weighted by molar-refractivity contribution is -0.126. The van der Waals surface area contributed by atoms with Crippen LogP contribution in [0, 0.1) is 0 Å². The van der Waals surface area contributed by atoms with E-state index < -0.39 is 6.10 Å². The van der Waals surface area contributed by atoms with Gasteiger partial charge in [0.05, 0.1) is 0 Å². The van der Waals surface area contributed by atoms with Crippen molar-refractivity contribution in [3.8, 4) is 0 Å². The third kappa shape index (κ3) is 0.742. The van der Waals surface area contributed by atoms with E-state index in [1.54, 1.807) is 0 Å². The molecule has 3 rings (SSSR count). The SMILES string of the molecule is O=C1C2CC(c3ccccc32)C1O. The van der Waals surface area contributed by atoms with Crippen molar-refractivity contribution < 1.29 is 9.90 Å². The van der Waals surface area contributed by atoms with Crippen molar-refractivity contribution in [1.29, 1.82) is 0 Å². The predicted octanol–water partition coefficient (Wildman–Crippen LogP) is 1.20. The molecule has 66 valence electrons. The molecule has 2 aliphatic carbocycles. The number of fused-ring (bicyclic) bond motifs is 5. The van der Waals surface area contributed by atoms with Crippen LogP contribution in [0.4, 0.5) is 0 Å². The first-order chi connectivity index (χ1) is 6.29. The molecule has 1 saturated carbocycles. The van der Waals surface area contributed by atoms with Gasteiger partial charge in [0.15, 0.2) is 5.78 Å². The number of ketones is 1. The summed E-state index contributed by atoms with van der Waals surface area (Å²) in [5, 5.41) is 9.59. The van der Waals surface area contributed by atoms with Gasteiger partial charge in [-0.1, -0.05) is 24.3 Å². The van der Waals surface area contributed by atoms with E-state index >= 15 is 0 Å². The van der Waals surface area contributed by atoms with Gasteiger partial charge in [-0.3, -0.25) is 4.79 Å². The fraction of sp³-hybridized carbons (Fsp3) is 0.364. The second kappa shape index (κ2) is 2.20. The molecular formula is C11H10O2. The number of Topliss-reactive ketones (excluding diaryl/α,β-unsaturated/α-hetero) is 1. The highest BCUT2D eigenvalue weighted by molar-refractivity contribution is 5.95. The molecule has 3 unspecified atom stereocenters.